The number of ether oxygens (including phenoxy) is 3. The van der Waals surface area contributed by atoms with E-state index in [-0.39, 0.29) is 18.2 Å². The van der Waals surface area contributed by atoms with Crippen LogP contribution in [0.25, 0.3) is 22.0 Å². The van der Waals surface area contributed by atoms with E-state index in [4.69, 9.17) is 37.4 Å². The molecule has 1 aliphatic rings. The fourth-order valence-electron chi connectivity index (χ4n) is 4.37. The van der Waals surface area contributed by atoms with Gasteiger partial charge in [0.25, 0.3) is 5.91 Å². The van der Waals surface area contributed by atoms with Gasteiger partial charge in [0.15, 0.2) is 11.5 Å². The van der Waals surface area contributed by atoms with Crippen LogP contribution in [0.1, 0.15) is 26.4 Å². The van der Waals surface area contributed by atoms with Gasteiger partial charge >= 0.3 is 5.97 Å². The summed E-state index contributed by atoms with van der Waals surface area (Å²) in [5.74, 6) is 0.212. The van der Waals surface area contributed by atoms with E-state index >= 15 is 0 Å². The second kappa shape index (κ2) is 10.8. The molecular formula is C30H19Cl2N3O5. The molecule has 8 nitrogen and oxygen atoms in total. The molecule has 0 saturated heterocycles. The highest BCUT2D eigenvalue weighted by atomic mass is 35.5. The number of hydrogen-bond donors (Lipinski definition) is 2. The summed E-state index contributed by atoms with van der Waals surface area (Å²) < 4.78 is 16.2. The SMILES string of the molecule is O=C(Oc1ccccc1C=NNC(=O)c1[nH]c2c(Cl)cccc2c1-c1ccccc1Cl)c1ccc2c(c1)OCO2. The fourth-order valence-corrected chi connectivity index (χ4v) is 4.83. The summed E-state index contributed by atoms with van der Waals surface area (Å²) in [6, 6.07) is 24.3. The minimum absolute atomic E-state index is 0.101. The molecule has 5 aromatic rings. The topological polar surface area (TPSA) is 102 Å². The van der Waals surface area contributed by atoms with Crippen molar-refractivity contribution < 1.29 is 23.8 Å². The molecule has 0 bridgehead atoms. The van der Waals surface area contributed by atoms with Gasteiger partial charge in [0, 0.05) is 27.1 Å². The van der Waals surface area contributed by atoms with E-state index in [0.717, 1.165) is 5.39 Å². The number of para-hydroxylation sites is 2. The highest BCUT2D eigenvalue weighted by molar-refractivity contribution is 6.37. The number of esters is 1. The van der Waals surface area contributed by atoms with Crippen LogP contribution in [0.2, 0.25) is 10.0 Å². The van der Waals surface area contributed by atoms with Gasteiger partial charge in [0.2, 0.25) is 6.79 Å². The van der Waals surface area contributed by atoms with Crippen molar-refractivity contribution in [3.05, 3.63) is 112 Å². The largest absolute Gasteiger partial charge is 0.454 e. The summed E-state index contributed by atoms with van der Waals surface area (Å²) in [5.41, 5.74) is 5.45. The third kappa shape index (κ3) is 4.86. The molecule has 0 radical (unpaired) electrons. The predicted octanol–water partition coefficient (Wildman–Crippen LogP) is 6.85. The number of hydrogen-bond acceptors (Lipinski definition) is 6. The van der Waals surface area contributed by atoms with Gasteiger partial charge in [-0.15, -0.1) is 0 Å². The minimum Gasteiger partial charge on any atom is -0.454 e. The maximum Gasteiger partial charge on any atom is 0.343 e. The van der Waals surface area contributed by atoms with Crippen LogP contribution >= 0.6 is 23.2 Å². The van der Waals surface area contributed by atoms with Crippen LogP contribution in [0.4, 0.5) is 0 Å². The summed E-state index contributed by atoms with van der Waals surface area (Å²) >= 11 is 12.9. The predicted molar refractivity (Wildman–Crippen MR) is 153 cm³/mol. The number of nitrogens with zero attached hydrogens (tertiary/aromatic N) is 1. The molecule has 1 amide bonds. The van der Waals surface area contributed by atoms with E-state index in [1.54, 1.807) is 60.7 Å². The molecule has 4 aromatic carbocycles. The number of hydrazone groups is 1. The molecule has 198 valence electrons. The molecule has 0 aliphatic carbocycles. The Morgan fingerprint density at radius 1 is 0.900 bits per heavy atom. The molecule has 0 unspecified atom stereocenters. The Bertz CT molecular complexity index is 1810. The van der Waals surface area contributed by atoms with Gasteiger partial charge in [-0.05, 0) is 42.5 Å². The van der Waals surface area contributed by atoms with Gasteiger partial charge in [-0.1, -0.05) is 65.7 Å². The highest BCUT2D eigenvalue weighted by Crippen LogP contribution is 2.38. The normalized spacial score (nSPS) is 12.2. The van der Waals surface area contributed by atoms with Crippen molar-refractivity contribution in [3.63, 3.8) is 0 Å². The Labute approximate surface area is 238 Å². The van der Waals surface area contributed by atoms with Gasteiger partial charge in [-0.25, -0.2) is 10.2 Å². The molecule has 40 heavy (non-hydrogen) atoms. The maximum absolute atomic E-state index is 13.3. The maximum atomic E-state index is 13.3. The zero-order valence-corrected chi connectivity index (χ0v) is 22.1. The number of nitrogens with one attached hydrogen (secondary N) is 2. The van der Waals surface area contributed by atoms with Gasteiger partial charge in [-0.2, -0.15) is 5.10 Å². The number of amides is 1. The van der Waals surface area contributed by atoms with Crippen LogP contribution < -0.4 is 19.6 Å². The van der Waals surface area contributed by atoms with Crippen LogP contribution in [0.5, 0.6) is 17.2 Å². The number of H-pyrrole nitrogens is 1. The lowest BCUT2D eigenvalue weighted by atomic mass is 10.0. The number of aromatic nitrogens is 1. The van der Waals surface area contributed by atoms with Crippen molar-refractivity contribution in [1.29, 1.82) is 0 Å². The minimum atomic E-state index is -0.581. The average molecular weight is 572 g/mol. The quantitative estimate of drug-likeness (QED) is 0.100. The summed E-state index contributed by atoms with van der Waals surface area (Å²) in [5, 5.41) is 5.81. The van der Waals surface area contributed by atoms with Crippen molar-refractivity contribution in [2.75, 3.05) is 6.79 Å². The van der Waals surface area contributed by atoms with Crippen molar-refractivity contribution in [1.82, 2.24) is 10.4 Å². The van der Waals surface area contributed by atoms with Gasteiger partial charge in [-0.3, -0.25) is 4.79 Å². The van der Waals surface area contributed by atoms with E-state index < -0.39 is 11.9 Å². The third-order valence-corrected chi connectivity index (χ3v) is 6.90. The third-order valence-electron chi connectivity index (χ3n) is 6.25. The lowest BCUT2D eigenvalue weighted by Gasteiger charge is -2.08. The molecule has 6 rings (SSSR count). The van der Waals surface area contributed by atoms with Gasteiger partial charge in [0.1, 0.15) is 11.4 Å². The van der Waals surface area contributed by atoms with Crippen LogP contribution in [-0.4, -0.2) is 29.9 Å². The second-order valence-electron chi connectivity index (χ2n) is 8.71. The van der Waals surface area contributed by atoms with E-state index in [2.05, 4.69) is 15.5 Å². The summed E-state index contributed by atoms with van der Waals surface area (Å²) in [6.07, 6.45) is 1.39. The number of aromatic amines is 1. The number of benzene rings is 4. The molecule has 0 saturated carbocycles. The van der Waals surface area contributed by atoms with Gasteiger partial charge in [0.05, 0.1) is 22.3 Å². The van der Waals surface area contributed by atoms with Crippen LogP contribution in [0, 0.1) is 0 Å². The zero-order valence-electron chi connectivity index (χ0n) is 20.6. The van der Waals surface area contributed by atoms with Crippen molar-refractivity contribution in [2.45, 2.75) is 0 Å². The Morgan fingerprint density at radius 2 is 1.68 bits per heavy atom. The molecule has 0 atom stereocenters. The molecule has 2 N–H and O–H groups in total. The lowest BCUT2D eigenvalue weighted by Crippen LogP contribution is -2.19. The molecule has 0 spiro atoms. The Morgan fingerprint density at radius 3 is 2.55 bits per heavy atom. The first kappa shape index (κ1) is 25.5. The number of halogens is 2. The first-order chi connectivity index (χ1) is 19.5. The second-order valence-corrected chi connectivity index (χ2v) is 9.53. The molecule has 10 heteroatoms. The van der Waals surface area contributed by atoms with Gasteiger partial charge < -0.3 is 19.2 Å². The van der Waals surface area contributed by atoms with Crippen molar-refractivity contribution in [3.8, 4) is 28.4 Å². The molecule has 2 heterocycles. The summed E-state index contributed by atoms with van der Waals surface area (Å²) in [7, 11) is 0. The lowest BCUT2D eigenvalue weighted by molar-refractivity contribution is 0.0733. The Balaban J connectivity index is 1.25. The number of rotatable bonds is 6. The summed E-state index contributed by atoms with van der Waals surface area (Å²) in [6.45, 7) is 0.101. The first-order valence-corrected chi connectivity index (χ1v) is 12.8. The molecule has 0 fully saturated rings. The van der Waals surface area contributed by atoms with E-state index in [1.807, 2.05) is 24.3 Å². The van der Waals surface area contributed by atoms with E-state index in [0.29, 0.717) is 49.3 Å². The standard InChI is InChI=1S/C30H19Cl2N3O5/c31-21-9-3-2-7-19(21)26-20-8-5-10-22(32)27(20)34-28(26)29(36)35-33-15-18-6-1-4-11-23(18)40-30(37)17-12-13-24-25(14-17)39-16-38-24/h1-15,34H,16H2,(H,35,36). The van der Waals surface area contributed by atoms with Crippen LogP contribution in [-0.2, 0) is 0 Å². The molecular weight excluding hydrogens is 553 g/mol. The Hall–Kier alpha value is -4.79. The van der Waals surface area contributed by atoms with Crippen molar-refractivity contribution in [2.24, 2.45) is 5.10 Å². The highest BCUT2D eigenvalue weighted by Gasteiger charge is 2.22. The van der Waals surface area contributed by atoms with Crippen LogP contribution in [0.3, 0.4) is 0 Å². The molecule has 1 aromatic heterocycles. The molecule has 1 aliphatic heterocycles. The smallest absolute Gasteiger partial charge is 0.343 e. The van der Waals surface area contributed by atoms with E-state index in [9.17, 15) is 9.59 Å². The van der Waals surface area contributed by atoms with Crippen molar-refractivity contribution >= 4 is 52.2 Å². The number of fused-ring (bicyclic) bond motifs is 2. The van der Waals surface area contributed by atoms with E-state index in [1.165, 1.54) is 6.21 Å². The fraction of sp³-hybridized carbons (Fsp3) is 0.0333. The first-order valence-electron chi connectivity index (χ1n) is 12.1. The average Bonchev–Trinajstić information content (AvgIpc) is 3.59. The monoisotopic (exact) mass is 571 g/mol. The number of carbonyl (C=O) groups excluding carboxylic acids is 2. The summed E-state index contributed by atoms with van der Waals surface area (Å²) in [4.78, 5) is 29.2. The zero-order chi connectivity index (χ0) is 27.6. The van der Waals surface area contributed by atoms with Crippen LogP contribution in [0.15, 0.2) is 90.0 Å². The number of carbonyl (C=O) groups is 2. The Kier molecular flexibility index (Phi) is 6.86.